The number of hydrogen-bond acceptors (Lipinski definition) is 3. The number of nitrogens with one attached hydrogen (secondary N) is 1. The van der Waals surface area contributed by atoms with Crippen molar-refractivity contribution in [2.75, 3.05) is 13.1 Å². The second kappa shape index (κ2) is 6.86. The lowest BCUT2D eigenvalue weighted by molar-refractivity contribution is -0.160. The number of nitrogens with zero attached hydrogens (tertiary/aromatic N) is 1. The first-order valence-electron chi connectivity index (χ1n) is 10.3. The van der Waals surface area contributed by atoms with Gasteiger partial charge >= 0.3 is 5.97 Å². The standard InChI is InChI=1S/C20H30N2O4/c23-17(24)4-1-5-21-18(25)16-3-2-6-22(16)19(26)20-10-13-7-14(11-20)9-15(8-13)12-20/h13-16H,1-12H2,(H,21,25)(H,23,24). The first kappa shape index (κ1) is 17.8. The van der Waals surface area contributed by atoms with Crippen molar-refractivity contribution in [1.29, 1.82) is 0 Å². The van der Waals surface area contributed by atoms with E-state index in [4.69, 9.17) is 5.11 Å². The van der Waals surface area contributed by atoms with Gasteiger partial charge in [-0.2, -0.15) is 0 Å². The molecule has 4 aliphatic carbocycles. The van der Waals surface area contributed by atoms with Crippen molar-refractivity contribution in [1.82, 2.24) is 10.2 Å². The summed E-state index contributed by atoms with van der Waals surface area (Å²) in [6.45, 7) is 1.05. The predicted octanol–water partition coefficient (Wildman–Crippen LogP) is 2.17. The van der Waals surface area contributed by atoms with E-state index in [0.717, 1.165) is 49.9 Å². The van der Waals surface area contributed by atoms with Gasteiger partial charge in [-0.05, 0) is 75.5 Å². The number of amides is 2. The van der Waals surface area contributed by atoms with Crippen molar-refractivity contribution in [2.45, 2.75) is 70.3 Å². The summed E-state index contributed by atoms with van der Waals surface area (Å²) in [5.41, 5.74) is -0.194. The lowest BCUT2D eigenvalue weighted by atomic mass is 9.49. The molecule has 2 N–H and O–H groups in total. The van der Waals surface area contributed by atoms with Gasteiger partial charge in [0, 0.05) is 19.5 Å². The molecule has 1 saturated heterocycles. The highest BCUT2D eigenvalue weighted by atomic mass is 16.4. The minimum absolute atomic E-state index is 0.0564. The van der Waals surface area contributed by atoms with Crippen LogP contribution in [0.5, 0.6) is 0 Å². The van der Waals surface area contributed by atoms with Crippen molar-refractivity contribution in [3.8, 4) is 0 Å². The highest BCUT2D eigenvalue weighted by Gasteiger charge is 2.56. The molecule has 0 aromatic heterocycles. The number of carbonyl (C=O) groups is 3. The molecule has 2 amide bonds. The van der Waals surface area contributed by atoms with Crippen LogP contribution in [-0.4, -0.2) is 46.9 Å². The van der Waals surface area contributed by atoms with Gasteiger partial charge in [0.2, 0.25) is 11.8 Å². The third-order valence-corrected chi connectivity index (χ3v) is 7.17. The van der Waals surface area contributed by atoms with Crippen LogP contribution < -0.4 is 5.32 Å². The predicted molar refractivity (Wildman–Crippen MR) is 95.2 cm³/mol. The third kappa shape index (κ3) is 3.23. The Balaban J connectivity index is 1.39. The van der Waals surface area contributed by atoms with Crippen LogP contribution in [0.25, 0.3) is 0 Å². The van der Waals surface area contributed by atoms with Gasteiger partial charge in [0.1, 0.15) is 6.04 Å². The van der Waals surface area contributed by atoms with E-state index in [1.165, 1.54) is 19.3 Å². The minimum Gasteiger partial charge on any atom is -0.481 e. The van der Waals surface area contributed by atoms with Crippen LogP contribution in [0.3, 0.4) is 0 Å². The number of hydrogen-bond donors (Lipinski definition) is 2. The Kier molecular flexibility index (Phi) is 4.70. The molecule has 1 aliphatic heterocycles. The topological polar surface area (TPSA) is 86.7 Å². The van der Waals surface area contributed by atoms with Crippen molar-refractivity contribution in [3.63, 3.8) is 0 Å². The number of rotatable bonds is 6. The Morgan fingerprint density at radius 1 is 1.04 bits per heavy atom. The minimum atomic E-state index is -0.848. The van der Waals surface area contributed by atoms with E-state index >= 15 is 0 Å². The summed E-state index contributed by atoms with van der Waals surface area (Å²) in [5, 5.41) is 11.5. The summed E-state index contributed by atoms with van der Waals surface area (Å²) < 4.78 is 0. The van der Waals surface area contributed by atoms with E-state index in [2.05, 4.69) is 5.32 Å². The number of carboxylic acid groups (broad SMARTS) is 1. The SMILES string of the molecule is O=C(O)CCCNC(=O)C1CCCN1C(=O)C12CC3CC(CC(C3)C1)C2. The van der Waals surface area contributed by atoms with Gasteiger partial charge < -0.3 is 15.3 Å². The molecule has 144 valence electrons. The fourth-order valence-corrected chi connectivity index (χ4v) is 6.53. The summed E-state index contributed by atoms with van der Waals surface area (Å²) in [5.74, 6) is 1.44. The molecule has 5 rings (SSSR count). The smallest absolute Gasteiger partial charge is 0.303 e. The molecule has 5 fully saturated rings. The van der Waals surface area contributed by atoms with E-state index in [-0.39, 0.29) is 29.7 Å². The molecule has 1 heterocycles. The zero-order valence-electron chi connectivity index (χ0n) is 15.4. The highest BCUT2D eigenvalue weighted by molar-refractivity contribution is 5.91. The van der Waals surface area contributed by atoms with Crippen LogP contribution in [0, 0.1) is 23.2 Å². The average molecular weight is 362 g/mol. The molecule has 0 radical (unpaired) electrons. The Bertz CT molecular complexity index is 567. The molecule has 6 nitrogen and oxygen atoms in total. The van der Waals surface area contributed by atoms with Crippen LogP contribution in [0.1, 0.15) is 64.2 Å². The maximum absolute atomic E-state index is 13.5. The molecule has 6 heteroatoms. The Labute approximate surface area is 154 Å². The summed E-state index contributed by atoms with van der Waals surface area (Å²) >= 11 is 0. The van der Waals surface area contributed by atoms with Gasteiger partial charge in [-0.1, -0.05) is 0 Å². The lowest BCUT2D eigenvalue weighted by Gasteiger charge is -2.56. The van der Waals surface area contributed by atoms with Gasteiger partial charge in [-0.3, -0.25) is 14.4 Å². The van der Waals surface area contributed by atoms with Crippen LogP contribution in [0.2, 0.25) is 0 Å². The summed E-state index contributed by atoms with van der Waals surface area (Å²) in [7, 11) is 0. The fourth-order valence-electron chi connectivity index (χ4n) is 6.53. The summed E-state index contributed by atoms with van der Waals surface area (Å²) in [4.78, 5) is 38.5. The van der Waals surface area contributed by atoms with Gasteiger partial charge in [0.15, 0.2) is 0 Å². The van der Waals surface area contributed by atoms with Gasteiger partial charge in [-0.25, -0.2) is 0 Å². The monoisotopic (exact) mass is 362 g/mol. The summed E-state index contributed by atoms with van der Waals surface area (Å²) in [6.07, 6.45) is 9.09. The van der Waals surface area contributed by atoms with Gasteiger partial charge in [-0.15, -0.1) is 0 Å². The molecule has 26 heavy (non-hydrogen) atoms. The number of carbonyl (C=O) groups excluding carboxylic acids is 2. The quantitative estimate of drug-likeness (QED) is 0.709. The van der Waals surface area contributed by atoms with Crippen LogP contribution in [0.15, 0.2) is 0 Å². The normalized spacial score (nSPS) is 37.8. The number of aliphatic carboxylic acids is 1. The van der Waals surface area contributed by atoms with Crippen molar-refractivity contribution < 1.29 is 19.5 Å². The largest absolute Gasteiger partial charge is 0.481 e. The second-order valence-corrected chi connectivity index (χ2v) is 9.14. The Morgan fingerprint density at radius 3 is 2.23 bits per heavy atom. The van der Waals surface area contributed by atoms with Crippen molar-refractivity contribution in [2.24, 2.45) is 23.2 Å². The van der Waals surface area contributed by atoms with E-state index < -0.39 is 5.97 Å². The Morgan fingerprint density at radius 2 is 1.65 bits per heavy atom. The van der Waals surface area contributed by atoms with E-state index in [9.17, 15) is 14.4 Å². The summed E-state index contributed by atoms with van der Waals surface area (Å²) in [6, 6.07) is -0.361. The molecule has 0 aromatic rings. The highest BCUT2D eigenvalue weighted by Crippen LogP contribution is 2.60. The Hall–Kier alpha value is -1.59. The fraction of sp³-hybridized carbons (Fsp3) is 0.850. The van der Waals surface area contributed by atoms with E-state index in [1.54, 1.807) is 0 Å². The van der Waals surface area contributed by atoms with E-state index in [1.807, 2.05) is 4.90 Å². The zero-order chi connectivity index (χ0) is 18.3. The van der Waals surface area contributed by atoms with Gasteiger partial charge in [0.25, 0.3) is 0 Å². The lowest BCUT2D eigenvalue weighted by Crippen LogP contribution is -2.57. The van der Waals surface area contributed by atoms with Crippen LogP contribution >= 0.6 is 0 Å². The molecule has 1 atom stereocenters. The molecular formula is C20H30N2O4. The van der Waals surface area contributed by atoms with Crippen molar-refractivity contribution >= 4 is 17.8 Å². The van der Waals surface area contributed by atoms with Crippen LogP contribution in [0.4, 0.5) is 0 Å². The van der Waals surface area contributed by atoms with Gasteiger partial charge in [0.05, 0.1) is 5.41 Å². The third-order valence-electron chi connectivity index (χ3n) is 7.17. The second-order valence-electron chi connectivity index (χ2n) is 9.14. The molecule has 1 unspecified atom stereocenters. The van der Waals surface area contributed by atoms with Crippen molar-refractivity contribution in [3.05, 3.63) is 0 Å². The first-order valence-corrected chi connectivity index (χ1v) is 10.3. The molecule has 4 bridgehead atoms. The molecule has 0 spiro atoms. The maximum atomic E-state index is 13.5. The molecule has 0 aromatic carbocycles. The first-order chi connectivity index (χ1) is 12.5. The molecular weight excluding hydrogens is 332 g/mol. The average Bonchev–Trinajstić information content (AvgIpc) is 3.06. The zero-order valence-corrected chi connectivity index (χ0v) is 15.4. The maximum Gasteiger partial charge on any atom is 0.303 e. The molecule has 5 aliphatic rings. The number of likely N-dealkylation sites (tertiary alicyclic amines) is 1. The number of carboxylic acids is 1. The van der Waals surface area contributed by atoms with Crippen LogP contribution in [-0.2, 0) is 14.4 Å². The molecule has 4 saturated carbocycles. The van der Waals surface area contributed by atoms with E-state index in [0.29, 0.717) is 19.5 Å².